The number of rotatable bonds is 6. The van der Waals surface area contributed by atoms with Crippen molar-refractivity contribution in [3.63, 3.8) is 0 Å². The fourth-order valence-corrected chi connectivity index (χ4v) is 5.46. The summed E-state index contributed by atoms with van der Waals surface area (Å²) in [6, 6.07) is 14.5. The predicted molar refractivity (Wildman–Crippen MR) is 137 cm³/mol. The van der Waals surface area contributed by atoms with E-state index < -0.39 is 0 Å². The van der Waals surface area contributed by atoms with Crippen molar-refractivity contribution in [2.45, 2.75) is 19.8 Å². The maximum Gasteiger partial charge on any atom is 0.0977 e. The van der Waals surface area contributed by atoms with Crippen LogP contribution in [0.3, 0.4) is 0 Å². The fourth-order valence-electron chi connectivity index (χ4n) is 5.46. The lowest BCUT2D eigenvalue weighted by molar-refractivity contribution is -0.0196. The summed E-state index contributed by atoms with van der Waals surface area (Å²) in [6.07, 6.45) is 6.32. The number of aromatic amines is 1. The van der Waals surface area contributed by atoms with Crippen LogP contribution in [-0.4, -0.2) is 64.1 Å². The maximum atomic E-state index is 4.67. The quantitative estimate of drug-likeness (QED) is 0.408. The molecule has 2 aliphatic rings. The first-order valence-corrected chi connectivity index (χ1v) is 12.2. The van der Waals surface area contributed by atoms with E-state index >= 15 is 0 Å². The van der Waals surface area contributed by atoms with Crippen molar-refractivity contribution in [2.24, 2.45) is 5.41 Å². The van der Waals surface area contributed by atoms with E-state index in [1.165, 1.54) is 39.0 Å². The Morgan fingerprint density at radius 3 is 2.79 bits per heavy atom. The van der Waals surface area contributed by atoms with E-state index in [9.17, 15) is 0 Å². The van der Waals surface area contributed by atoms with Gasteiger partial charge in [-0.3, -0.25) is 9.97 Å². The molecule has 7 nitrogen and oxygen atoms in total. The summed E-state index contributed by atoms with van der Waals surface area (Å²) >= 11 is 0. The van der Waals surface area contributed by atoms with E-state index in [1.807, 2.05) is 31.3 Å². The summed E-state index contributed by atoms with van der Waals surface area (Å²) in [4.78, 5) is 19.8. The van der Waals surface area contributed by atoms with Gasteiger partial charge in [-0.25, -0.2) is 4.98 Å². The zero-order chi connectivity index (χ0) is 23.0. The molecule has 3 aromatic heterocycles. The topological polar surface area (TPSA) is 81.8 Å². The highest BCUT2D eigenvalue weighted by atomic mass is 15.2. The molecule has 2 saturated heterocycles. The van der Waals surface area contributed by atoms with Crippen molar-refractivity contribution < 1.29 is 0 Å². The van der Waals surface area contributed by atoms with Crippen LogP contribution in [-0.2, 0) is 0 Å². The van der Waals surface area contributed by atoms with Gasteiger partial charge in [0.25, 0.3) is 0 Å². The first-order chi connectivity index (χ1) is 16.7. The standard InChI is InChI=1S/C27H31N7/c1-19-3-2-4-24(33-19)26-25(31-18-32-26)20-5-6-23-21(13-20)14-22(15-30-23)29-11-12-34-16-27(17-34)7-9-28-10-8-27/h2-6,13-15,18,28-29H,7-12,16-17H2,1H3,(H,31,32). The second kappa shape index (κ2) is 8.81. The van der Waals surface area contributed by atoms with Crippen LogP contribution >= 0.6 is 0 Å². The number of anilines is 1. The molecule has 7 heteroatoms. The summed E-state index contributed by atoms with van der Waals surface area (Å²) < 4.78 is 0. The Kier molecular flexibility index (Phi) is 5.51. The van der Waals surface area contributed by atoms with Crippen LogP contribution in [0.5, 0.6) is 0 Å². The van der Waals surface area contributed by atoms with Gasteiger partial charge in [-0.05, 0) is 68.6 Å². The first-order valence-electron chi connectivity index (χ1n) is 12.2. The Labute approximate surface area is 200 Å². The van der Waals surface area contributed by atoms with Gasteiger partial charge in [0, 0.05) is 42.8 Å². The van der Waals surface area contributed by atoms with E-state index in [2.05, 4.69) is 59.7 Å². The number of likely N-dealkylation sites (tertiary alicyclic amines) is 1. The minimum Gasteiger partial charge on any atom is -0.382 e. The maximum absolute atomic E-state index is 4.67. The van der Waals surface area contributed by atoms with Crippen LogP contribution in [0.1, 0.15) is 18.5 Å². The molecule has 0 atom stereocenters. The van der Waals surface area contributed by atoms with Crippen molar-refractivity contribution in [2.75, 3.05) is 44.6 Å². The Hall–Kier alpha value is -3.29. The highest BCUT2D eigenvalue weighted by Gasteiger charge is 2.42. The van der Waals surface area contributed by atoms with Crippen LogP contribution in [0.4, 0.5) is 5.69 Å². The van der Waals surface area contributed by atoms with Gasteiger partial charge in [0.2, 0.25) is 0 Å². The average molecular weight is 454 g/mol. The third kappa shape index (κ3) is 4.17. The molecule has 0 radical (unpaired) electrons. The van der Waals surface area contributed by atoms with Gasteiger partial charge in [0.15, 0.2) is 0 Å². The van der Waals surface area contributed by atoms with Crippen LogP contribution < -0.4 is 10.6 Å². The molecule has 4 aromatic rings. The average Bonchev–Trinajstić information content (AvgIpc) is 3.33. The summed E-state index contributed by atoms with van der Waals surface area (Å²) in [5.74, 6) is 0. The molecule has 1 aromatic carbocycles. The van der Waals surface area contributed by atoms with Gasteiger partial charge in [0.1, 0.15) is 0 Å². The van der Waals surface area contributed by atoms with Gasteiger partial charge in [0.05, 0.1) is 40.8 Å². The number of aromatic nitrogens is 4. The van der Waals surface area contributed by atoms with Crippen LogP contribution in [0, 0.1) is 12.3 Å². The zero-order valence-electron chi connectivity index (χ0n) is 19.6. The van der Waals surface area contributed by atoms with Gasteiger partial charge in [-0.2, -0.15) is 0 Å². The third-order valence-electron chi connectivity index (χ3n) is 7.28. The molecule has 0 amide bonds. The van der Waals surface area contributed by atoms with Crippen LogP contribution in [0.2, 0.25) is 0 Å². The SMILES string of the molecule is Cc1cccc(-c2[nH]cnc2-c2ccc3ncc(NCCN4CC5(CCNCC5)C4)cc3c2)n1. The Balaban J connectivity index is 1.15. The Bertz CT molecular complexity index is 1300. The van der Waals surface area contributed by atoms with Crippen LogP contribution in [0.25, 0.3) is 33.5 Å². The molecular weight excluding hydrogens is 422 g/mol. The highest BCUT2D eigenvalue weighted by molar-refractivity contribution is 5.88. The number of hydrogen-bond donors (Lipinski definition) is 3. The molecular formula is C27H31N7. The molecule has 34 heavy (non-hydrogen) atoms. The van der Waals surface area contributed by atoms with Crippen molar-refractivity contribution in [1.29, 1.82) is 0 Å². The number of imidazole rings is 1. The molecule has 2 aliphatic heterocycles. The number of nitrogens with one attached hydrogen (secondary N) is 3. The normalized spacial score (nSPS) is 17.7. The summed E-state index contributed by atoms with van der Waals surface area (Å²) in [5, 5.41) is 8.16. The van der Waals surface area contributed by atoms with Gasteiger partial charge in [-0.1, -0.05) is 12.1 Å². The minimum atomic E-state index is 0.589. The lowest BCUT2D eigenvalue weighted by atomic mass is 9.72. The van der Waals surface area contributed by atoms with E-state index in [4.69, 9.17) is 0 Å². The van der Waals surface area contributed by atoms with Gasteiger partial charge in [-0.15, -0.1) is 0 Å². The molecule has 0 saturated carbocycles. The van der Waals surface area contributed by atoms with Crippen molar-refractivity contribution in [3.8, 4) is 22.6 Å². The van der Waals surface area contributed by atoms with Crippen molar-refractivity contribution in [1.82, 2.24) is 30.2 Å². The highest BCUT2D eigenvalue weighted by Crippen LogP contribution is 2.38. The number of aryl methyl sites for hydroxylation is 1. The molecule has 0 aliphatic carbocycles. The molecule has 0 unspecified atom stereocenters. The minimum absolute atomic E-state index is 0.589. The lowest BCUT2D eigenvalue weighted by Gasteiger charge is -2.52. The number of fused-ring (bicyclic) bond motifs is 1. The number of piperidine rings is 1. The summed E-state index contributed by atoms with van der Waals surface area (Å²) in [6.45, 7) is 8.87. The van der Waals surface area contributed by atoms with E-state index in [0.717, 1.165) is 58.0 Å². The summed E-state index contributed by atoms with van der Waals surface area (Å²) in [5.41, 5.74) is 7.41. The van der Waals surface area contributed by atoms with Gasteiger partial charge >= 0.3 is 0 Å². The molecule has 6 rings (SSSR count). The molecule has 5 heterocycles. The number of hydrogen-bond acceptors (Lipinski definition) is 6. The molecule has 3 N–H and O–H groups in total. The number of nitrogens with zero attached hydrogens (tertiary/aromatic N) is 4. The lowest BCUT2D eigenvalue weighted by Crippen LogP contribution is -2.60. The van der Waals surface area contributed by atoms with Crippen LogP contribution in [0.15, 0.2) is 55.0 Å². The van der Waals surface area contributed by atoms with E-state index in [0.29, 0.717) is 5.41 Å². The predicted octanol–water partition coefficient (Wildman–Crippen LogP) is 4.09. The molecule has 174 valence electrons. The second-order valence-electron chi connectivity index (χ2n) is 9.81. The van der Waals surface area contributed by atoms with Crippen molar-refractivity contribution in [3.05, 3.63) is 60.7 Å². The molecule has 0 bridgehead atoms. The second-order valence-corrected chi connectivity index (χ2v) is 9.81. The number of pyridine rings is 2. The first kappa shape index (κ1) is 21.3. The van der Waals surface area contributed by atoms with E-state index in [1.54, 1.807) is 6.33 Å². The number of benzene rings is 1. The Morgan fingerprint density at radius 1 is 1.06 bits per heavy atom. The fraction of sp³-hybridized carbons (Fsp3) is 0.370. The molecule has 1 spiro atoms. The smallest absolute Gasteiger partial charge is 0.0977 e. The number of H-pyrrole nitrogens is 1. The third-order valence-corrected chi connectivity index (χ3v) is 7.28. The largest absolute Gasteiger partial charge is 0.382 e. The van der Waals surface area contributed by atoms with E-state index in [-0.39, 0.29) is 0 Å². The van der Waals surface area contributed by atoms with Crippen molar-refractivity contribution >= 4 is 16.6 Å². The molecule has 2 fully saturated rings. The zero-order valence-corrected chi connectivity index (χ0v) is 19.6. The van der Waals surface area contributed by atoms with Gasteiger partial charge < -0.3 is 20.5 Å². The Morgan fingerprint density at radius 2 is 1.94 bits per heavy atom. The monoisotopic (exact) mass is 453 g/mol. The summed E-state index contributed by atoms with van der Waals surface area (Å²) in [7, 11) is 0.